The van der Waals surface area contributed by atoms with E-state index in [0.717, 1.165) is 21.8 Å². The lowest BCUT2D eigenvalue weighted by molar-refractivity contribution is -0.135. The third-order valence-corrected chi connectivity index (χ3v) is 5.33. The molecule has 2 aromatic rings. The van der Waals surface area contributed by atoms with Crippen LogP contribution >= 0.6 is 11.3 Å². The van der Waals surface area contributed by atoms with E-state index in [4.69, 9.17) is 4.84 Å². The summed E-state index contributed by atoms with van der Waals surface area (Å²) in [4.78, 5) is 30.6. The molecule has 1 aromatic heterocycles. The van der Waals surface area contributed by atoms with Crippen molar-refractivity contribution < 1.29 is 14.4 Å². The van der Waals surface area contributed by atoms with Gasteiger partial charge < -0.3 is 15.5 Å². The molecule has 1 atom stereocenters. The molecule has 25 heavy (non-hydrogen) atoms. The van der Waals surface area contributed by atoms with Crippen LogP contribution in [0.3, 0.4) is 0 Å². The number of nitrogens with zero attached hydrogens (tertiary/aromatic N) is 1. The van der Waals surface area contributed by atoms with E-state index >= 15 is 0 Å². The van der Waals surface area contributed by atoms with Crippen LogP contribution < -0.4 is 10.6 Å². The van der Waals surface area contributed by atoms with E-state index in [-0.39, 0.29) is 11.8 Å². The first kappa shape index (κ1) is 15.8. The maximum absolute atomic E-state index is 12.7. The van der Waals surface area contributed by atoms with Gasteiger partial charge in [0.1, 0.15) is 5.71 Å². The molecule has 0 fully saturated rings. The average Bonchev–Trinajstić information content (AvgIpc) is 3.25. The fraction of sp³-hybridized carbons (Fsp3) is 0.278. The smallest absolute Gasteiger partial charge is 0.271 e. The maximum Gasteiger partial charge on any atom is 0.271 e. The Morgan fingerprint density at radius 2 is 2.24 bits per heavy atom. The number of carbonyl (C=O) groups is 2. The van der Waals surface area contributed by atoms with Crippen LogP contribution in [0, 0.1) is 0 Å². The van der Waals surface area contributed by atoms with Crippen LogP contribution in [0.1, 0.15) is 30.2 Å². The van der Waals surface area contributed by atoms with Gasteiger partial charge in [-0.2, -0.15) is 0 Å². The lowest BCUT2D eigenvalue weighted by atomic mass is 9.97. The third kappa shape index (κ3) is 3.02. The van der Waals surface area contributed by atoms with Crippen molar-refractivity contribution in [1.82, 2.24) is 0 Å². The molecule has 0 saturated heterocycles. The molecule has 128 valence electrons. The molecule has 2 aliphatic rings. The van der Waals surface area contributed by atoms with Crippen LogP contribution in [0.5, 0.6) is 0 Å². The highest BCUT2D eigenvalue weighted by atomic mass is 32.1. The second kappa shape index (κ2) is 6.00. The van der Waals surface area contributed by atoms with Gasteiger partial charge in [-0.15, -0.1) is 11.3 Å². The number of amides is 2. The SMILES string of the molecule is CC1(C(=O)Nc2ccc3c(c2)CCC(=O)N3)CC(c2cccs2)=NO1. The first-order valence-corrected chi connectivity index (χ1v) is 8.95. The van der Waals surface area contributed by atoms with Gasteiger partial charge in [0.25, 0.3) is 5.91 Å². The summed E-state index contributed by atoms with van der Waals surface area (Å²) in [5, 5.41) is 11.8. The predicted molar refractivity (Wildman–Crippen MR) is 97.0 cm³/mol. The largest absolute Gasteiger partial charge is 0.379 e. The Balaban J connectivity index is 1.47. The lowest BCUT2D eigenvalue weighted by Crippen LogP contribution is -2.40. The van der Waals surface area contributed by atoms with E-state index in [0.29, 0.717) is 24.9 Å². The zero-order valence-corrected chi connectivity index (χ0v) is 14.5. The van der Waals surface area contributed by atoms with Crippen LogP contribution in [-0.2, 0) is 20.8 Å². The maximum atomic E-state index is 12.7. The van der Waals surface area contributed by atoms with Crippen LogP contribution in [0.15, 0.2) is 40.9 Å². The zero-order chi connectivity index (χ0) is 17.4. The fourth-order valence-corrected chi connectivity index (χ4v) is 3.67. The van der Waals surface area contributed by atoms with E-state index in [9.17, 15) is 9.59 Å². The third-order valence-electron chi connectivity index (χ3n) is 4.41. The van der Waals surface area contributed by atoms with Gasteiger partial charge in [0.15, 0.2) is 0 Å². The summed E-state index contributed by atoms with van der Waals surface area (Å²) in [5.41, 5.74) is 2.28. The van der Waals surface area contributed by atoms with Gasteiger partial charge in [-0.3, -0.25) is 9.59 Å². The number of fused-ring (bicyclic) bond motifs is 1. The van der Waals surface area contributed by atoms with Gasteiger partial charge in [0.05, 0.1) is 4.88 Å². The van der Waals surface area contributed by atoms with Crippen LogP contribution in [0.25, 0.3) is 0 Å². The molecule has 0 aliphatic carbocycles. The van der Waals surface area contributed by atoms with Crippen molar-refractivity contribution in [2.45, 2.75) is 31.8 Å². The Kier molecular flexibility index (Phi) is 3.80. The second-order valence-electron chi connectivity index (χ2n) is 6.39. The molecule has 1 aromatic carbocycles. The van der Waals surface area contributed by atoms with E-state index in [1.165, 1.54) is 0 Å². The first-order chi connectivity index (χ1) is 12.0. The molecule has 6 nitrogen and oxygen atoms in total. The highest BCUT2D eigenvalue weighted by Crippen LogP contribution is 2.31. The number of oxime groups is 1. The Bertz CT molecular complexity index is 876. The molecule has 0 bridgehead atoms. The average molecular weight is 355 g/mol. The molecule has 2 amide bonds. The zero-order valence-electron chi connectivity index (χ0n) is 13.7. The van der Waals surface area contributed by atoms with Crippen molar-refractivity contribution in [3.63, 3.8) is 0 Å². The molecule has 3 heterocycles. The minimum absolute atomic E-state index is 0.0226. The van der Waals surface area contributed by atoms with Crippen molar-refractivity contribution >= 4 is 40.2 Å². The normalized spacial score (nSPS) is 21.8. The van der Waals surface area contributed by atoms with Crippen LogP contribution in [0.2, 0.25) is 0 Å². The minimum Gasteiger partial charge on any atom is -0.379 e. The summed E-state index contributed by atoms with van der Waals surface area (Å²) in [6.45, 7) is 1.74. The highest BCUT2D eigenvalue weighted by molar-refractivity contribution is 7.12. The number of rotatable bonds is 3. The van der Waals surface area contributed by atoms with Gasteiger partial charge in [0, 0.05) is 24.2 Å². The molecule has 1 unspecified atom stereocenters. The summed E-state index contributed by atoms with van der Waals surface area (Å²) in [7, 11) is 0. The minimum atomic E-state index is -1.02. The summed E-state index contributed by atoms with van der Waals surface area (Å²) >= 11 is 1.58. The summed E-state index contributed by atoms with van der Waals surface area (Å²) in [6.07, 6.45) is 1.56. The van der Waals surface area contributed by atoms with Gasteiger partial charge in [-0.25, -0.2) is 0 Å². The fourth-order valence-electron chi connectivity index (χ4n) is 2.96. The first-order valence-electron chi connectivity index (χ1n) is 8.07. The Morgan fingerprint density at radius 1 is 1.36 bits per heavy atom. The number of carbonyl (C=O) groups excluding carboxylic acids is 2. The van der Waals surface area contributed by atoms with Gasteiger partial charge in [0.2, 0.25) is 11.5 Å². The van der Waals surface area contributed by atoms with E-state index < -0.39 is 5.60 Å². The van der Waals surface area contributed by atoms with E-state index in [1.54, 1.807) is 24.3 Å². The molecule has 4 rings (SSSR count). The Morgan fingerprint density at radius 3 is 3.04 bits per heavy atom. The Hall–Kier alpha value is -2.67. The standard InChI is InChI=1S/C18H17N3O3S/c1-18(10-14(21-24-18)15-3-2-8-25-15)17(23)19-12-5-6-13-11(9-12)4-7-16(22)20-13/h2-3,5-6,8-9H,4,7,10H2,1H3,(H,19,23)(H,20,22). The topological polar surface area (TPSA) is 79.8 Å². The van der Waals surface area contributed by atoms with Crippen LogP contribution in [-0.4, -0.2) is 23.1 Å². The van der Waals surface area contributed by atoms with Crippen LogP contribution in [0.4, 0.5) is 11.4 Å². The number of anilines is 2. The predicted octanol–water partition coefficient (Wildman–Crippen LogP) is 3.15. The van der Waals surface area contributed by atoms with E-state index in [1.807, 2.05) is 29.6 Å². The molecule has 0 spiro atoms. The van der Waals surface area contributed by atoms with Gasteiger partial charge in [-0.05, 0) is 48.6 Å². The van der Waals surface area contributed by atoms with Gasteiger partial charge in [-0.1, -0.05) is 11.2 Å². The number of hydrogen-bond donors (Lipinski definition) is 2. The molecular weight excluding hydrogens is 338 g/mol. The molecule has 7 heteroatoms. The summed E-state index contributed by atoms with van der Waals surface area (Å²) < 4.78 is 0. The lowest BCUT2D eigenvalue weighted by Gasteiger charge is -2.22. The quantitative estimate of drug-likeness (QED) is 0.887. The van der Waals surface area contributed by atoms with Gasteiger partial charge >= 0.3 is 0 Å². The number of benzene rings is 1. The van der Waals surface area contributed by atoms with E-state index in [2.05, 4.69) is 15.8 Å². The molecular formula is C18H17N3O3S. The molecule has 0 radical (unpaired) electrons. The van der Waals surface area contributed by atoms with Crippen molar-refractivity contribution in [3.8, 4) is 0 Å². The summed E-state index contributed by atoms with van der Waals surface area (Å²) in [6, 6.07) is 9.40. The molecule has 2 aliphatic heterocycles. The number of nitrogens with one attached hydrogen (secondary N) is 2. The molecule has 0 saturated carbocycles. The number of thiophene rings is 1. The van der Waals surface area contributed by atoms with Crippen molar-refractivity contribution in [1.29, 1.82) is 0 Å². The monoisotopic (exact) mass is 355 g/mol. The van der Waals surface area contributed by atoms with Crippen molar-refractivity contribution in [2.75, 3.05) is 10.6 Å². The van der Waals surface area contributed by atoms with Crippen molar-refractivity contribution in [3.05, 3.63) is 46.2 Å². The molecule has 2 N–H and O–H groups in total. The summed E-state index contributed by atoms with van der Waals surface area (Å²) in [5.74, 6) is -0.211. The Labute approximate surface area is 148 Å². The second-order valence-corrected chi connectivity index (χ2v) is 7.34. The number of hydrogen-bond acceptors (Lipinski definition) is 5. The van der Waals surface area contributed by atoms with Crippen molar-refractivity contribution in [2.24, 2.45) is 5.16 Å². The highest BCUT2D eigenvalue weighted by Gasteiger charge is 2.42. The number of aryl methyl sites for hydroxylation is 1.